The van der Waals surface area contributed by atoms with Crippen molar-refractivity contribution in [3.8, 4) is 11.3 Å². The molecule has 0 atom stereocenters. The number of hydrogen-bond acceptors (Lipinski definition) is 7. The Hall–Kier alpha value is -4.96. The van der Waals surface area contributed by atoms with E-state index in [-0.39, 0.29) is 21.0 Å². The van der Waals surface area contributed by atoms with E-state index in [0.29, 0.717) is 11.4 Å². The van der Waals surface area contributed by atoms with Crippen molar-refractivity contribution in [2.24, 2.45) is 0 Å². The van der Waals surface area contributed by atoms with E-state index in [1.807, 2.05) is 30.3 Å². The number of nitro benzene ring substituents is 1. The number of para-hydroxylation sites is 2. The average Bonchev–Trinajstić information content (AvgIpc) is 2.93. The molecule has 0 saturated heterocycles. The largest absolute Gasteiger partial charge is 0.322 e. The molecule has 0 radical (unpaired) electrons. The average molecular weight is 511 g/mol. The summed E-state index contributed by atoms with van der Waals surface area (Å²) in [6.07, 6.45) is 1.65. The number of anilines is 1. The standard InChI is InChI=1S/C27H18N4O5S/c32-27(22-8-1-4-11-26(22)37(35,36)21-14-12-20(13-15-21)31(33)34)29-19-7-5-6-18(16-19)25-17-28-23-9-2-3-10-24(23)30-25/h1-17H,(H,29,32). The number of rotatable bonds is 6. The van der Waals surface area contributed by atoms with Gasteiger partial charge in [0.2, 0.25) is 9.84 Å². The van der Waals surface area contributed by atoms with E-state index >= 15 is 0 Å². The van der Waals surface area contributed by atoms with Gasteiger partial charge in [-0.15, -0.1) is 0 Å². The second-order valence-corrected chi connectivity index (χ2v) is 9.95. The predicted molar refractivity (Wildman–Crippen MR) is 138 cm³/mol. The molecule has 1 aromatic heterocycles. The number of nitrogens with one attached hydrogen (secondary N) is 1. The highest BCUT2D eigenvalue weighted by atomic mass is 32.2. The Bertz CT molecular complexity index is 1770. The lowest BCUT2D eigenvalue weighted by atomic mass is 10.1. The minimum absolute atomic E-state index is 0.0586. The normalized spacial score (nSPS) is 11.2. The molecule has 0 bridgehead atoms. The maximum absolute atomic E-state index is 13.3. The molecular weight excluding hydrogens is 492 g/mol. The topological polar surface area (TPSA) is 132 Å². The molecule has 9 nitrogen and oxygen atoms in total. The fourth-order valence-electron chi connectivity index (χ4n) is 3.81. The first-order valence-corrected chi connectivity index (χ1v) is 12.5. The fraction of sp³-hybridized carbons (Fsp3) is 0. The van der Waals surface area contributed by atoms with Gasteiger partial charge in [0.15, 0.2) is 0 Å². The molecule has 0 spiro atoms. The lowest BCUT2D eigenvalue weighted by molar-refractivity contribution is -0.384. The summed E-state index contributed by atoms with van der Waals surface area (Å²) in [5.41, 5.74) is 3.00. The number of benzene rings is 4. The Balaban J connectivity index is 1.44. The molecule has 0 aliphatic rings. The molecule has 0 saturated carbocycles. The first-order chi connectivity index (χ1) is 17.8. The van der Waals surface area contributed by atoms with Gasteiger partial charge in [0.05, 0.1) is 43.2 Å². The van der Waals surface area contributed by atoms with Gasteiger partial charge in [-0.2, -0.15) is 0 Å². The third-order valence-electron chi connectivity index (χ3n) is 5.64. The number of non-ortho nitro benzene ring substituents is 1. The molecular formula is C27H18N4O5S. The molecule has 5 rings (SSSR count). The Morgan fingerprint density at radius 1 is 0.838 bits per heavy atom. The lowest BCUT2D eigenvalue weighted by Gasteiger charge is -2.12. The van der Waals surface area contributed by atoms with Gasteiger partial charge in [-0.25, -0.2) is 13.4 Å². The second-order valence-electron chi connectivity index (χ2n) is 8.03. The summed E-state index contributed by atoms with van der Waals surface area (Å²) in [5.74, 6) is -0.622. The zero-order valence-corrected chi connectivity index (χ0v) is 19.9. The van der Waals surface area contributed by atoms with Crippen LogP contribution in [-0.4, -0.2) is 29.2 Å². The molecule has 0 aliphatic carbocycles. The quantitative estimate of drug-likeness (QED) is 0.242. The van der Waals surface area contributed by atoms with Gasteiger partial charge in [0.1, 0.15) is 0 Å². The van der Waals surface area contributed by atoms with Crippen molar-refractivity contribution >= 4 is 38.2 Å². The molecule has 1 heterocycles. The first-order valence-electron chi connectivity index (χ1n) is 11.0. The van der Waals surface area contributed by atoms with Crippen molar-refractivity contribution in [3.05, 3.63) is 119 Å². The first kappa shape index (κ1) is 23.8. The van der Waals surface area contributed by atoms with Gasteiger partial charge < -0.3 is 5.32 Å². The summed E-state index contributed by atoms with van der Waals surface area (Å²) in [7, 11) is -4.12. The minimum atomic E-state index is -4.12. The predicted octanol–water partition coefficient (Wildman–Crippen LogP) is 5.29. The van der Waals surface area contributed by atoms with Crippen molar-refractivity contribution in [3.63, 3.8) is 0 Å². The van der Waals surface area contributed by atoms with E-state index in [2.05, 4.69) is 15.3 Å². The van der Waals surface area contributed by atoms with Crippen LogP contribution in [-0.2, 0) is 9.84 Å². The number of nitro groups is 1. The SMILES string of the molecule is O=C(Nc1cccc(-c2cnc3ccccc3n2)c1)c1ccccc1S(=O)(=O)c1ccc([N+](=O)[O-])cc1. The van der Waals surface area contributed by atoms with Gasteiger partial charge in [-0.1, -0.05) is 36.4 Å². The van der Waals surface area contributed by atoms with Crippen molar-refractivity contribution in [2.45, 2.75) is 9.79 Å². The van der Waals surface area contributed by atoms with Gasteiger partial charge in [-0.05, 0) is 48.5 Å². The van der Waals surface area contributed by atoms with Crippen LogP contribution in [0.25, 0.3) is 22.3 Å². The Labute approximate surface area is 211 Å². The highest BCUT2D eigenvalue weighted by molar-refractivity contribution is 7.91. The van der Waals surface area contributed by atoms with E-state index in [1.54, 1.807) is 30.5 Å². The molecule has 4 aromatic carbocycles. The number of fused-ring (bicyclic) bond motifs is 1. The van der Waals surface area contributed by atoms with Crippen molar-refractivity contribution in [1.29, 1.82) is 0 Å². The summed E-state index contributed by atoms with van der Waals surface area (Å²) in [4.78, 5) is 32.2. The van der Waals surface area contributed by atoms with Crippen LogP contribution in [0.15, 0.2) is 113 Å². The van der Waals surface area contributed by atoms with E-state index in [9.17, 15) is 23.3 Å². The van der Waals surface area contributed by atoms with Gasteiger partial charge >= 0.3 is 0 Å². The smallest absolute Gasteiger partial charge is 0.269 e. The van der Waals surface area contributed by atoms with Crippen molar-refractivity contribution in [2.75, 3.05) is 5.32 Å². The summed E-state index contributed by atoms with van der Waals surface area (Å²) in [5, 5.41) is 13.7. The second kappa shape index (κ2) is 9.59. The van der Waals surface area contributed by atoms with Crippen LogP contribution in [0.4, 0.5) is 11.4 Å². The van der Waals surface area contributed by atoms with Crippen LogP contribution in [0, 0.1) is 10.1 Å². The van der Waals surface area contributed by atoms with Crippen molar-refractivity contribution < 1.29 is 18.1 Å². The number of sulfone groups is 1. The van der Waals surface area contributed by atoms with E-state index in [4.69, 9.17) is 0 Å². The number of hydrogen-bond donors (Lipinski definition) is 1. The molecule has 1 N–H and O–H groups in total. The van der Waals surface area contributed by atoms with E-state index in [1.165, 1.54) is 18.2 Å². The van der Waals surface area contributed by atoms with Gasteiger partial charge in [0, 0.05) is 23.4 Å². The van der Waals surface area contributed by atoms with Crippen LogP contribution in [0.5, 0.6) is 0 Å². The summed E-state index contributed by atoms with van der Waals surface area (Å²) < 4.78 is 26.5. The van der Waals surface area contributed by atoms with Crippen LogP contribution in [0.1, 0.15) is 10.4 Å². The number of amides is 1. The Kier molecular flexibility index (Phi) is 6.16. The summed E-state index contributed by atoms with van der Waals surface area (Å²) in [6.45, 7) is 0. The molecule has 0 unspecified atom stereocenters. The molecule has 0 fully saturated rings. The Morgan fingerprint density at radius 2 is 1.54 bits per heavy atom. The van der Waals surface area contributed by atoms with E-state index in [0.717, 1.165) is 40.9 Å². The van der Waals surface area contributed by atoms with Crippen LogP contribution >= 0.6 is 0 Å². The highest BCUT2D eigenvalue weighted by Crippen LogP contribution is 2.27. The molecule has 182 valence electrons. The maximum atomic E-state index is 13.3. The van der Waals surface area contributed by atoms with Crippen LogP contribution < -0.4 is 5.32 Å². The van der Waals surface area contributed by atoms with Crippen LogP contribution in [0.2, 0.25) is 0 Å². The van der Waals surface area contributed by atoms with E-state index < -0.39 is 20.7 Å². The number of carbonyl (C=O) groups excluding carboxylic acids is 1. The zero-order chi connectivity index (χ0) is 26.0. The lowest BCUT2D eigenvalue weighted by Crippen LogP contribution is -2.16. The summed E-state index contributed by atoms with van der Waals surface area (Å²) >= 11 is 0. The fourth-order valence-corrected chi connectivity index (χ4v) is 5.27. The molecule has 0 aliphatic heterocycles. The number of nitrogens with zero attached hydrogens (tertiary/aromatic N) is 3. The van der Waals surface area contributed by atoms with Gasteiger partial charge in [-0.3, -0.25) is 19.9 Å². The minimum Gasteiger partial charge on any atom is -0.322 e. The monoisotopic (exact) mass is 510 g/mol. The highest BCUT2D eigenvalue weighted by Gasteiger charge is 2.25. The van der Waals surface area contributed by atoms with Gasteiger partial charge in [0.25, 0.3) is 11.6 Å². The number of carbonyl (C=O) groups is 1. The maximum Gasteiger partial charge on any atom is 0.269 e. The van der Waals surface area contributed by atoms with Crippen LogP contribution in [0.3, 0.4) is 0 Å². The number of aromatic nitrogens is 2. The zero-order valence-electron chi connectivity index (χ0n) is 19.1. The third-order valence-corrected chi connectivity index (χ3v) is 7.47. The van der Waals surface area contributed by atoms with Crippen molar-refractivity contribution in [1.82, 2.24) is 9.97 Å². The third kappa shape index (κ3) is 4.78. The molecule has 5 aromatic rings. The molecule has 1 amide bonds. The molecule has 10 heteroatoms. The Morgan fingerprint density at radius 3 is 2.30 bits per heavy atom. The summed E-state index contributed by atoms with van der Waals surface area (Å²) in [6, 6.07) is 24.8. The molecule has 37 heavy (non-hydrogen) atoms.